The highest BCUT2D eigenvalue weighted by atomic mass is 16.5. The van der Waals surface area contributed by atoms with Gasteiger partial charge in [0.25, 0.3) is 0 Å². The molecule has 0 bridgehead atoms. The van der Waals surface area contributed by atoms with E-state index in [1.54, 1.807) is 20.1 Å². The van der Waals surface area contributed by atoms with E-state index in [1.165, 1.54) is 16.7 Å². The van der Waals surface area contributed by atoms with E-state index in [0.717, 1.165) is 30.0 Å². The first-order chi connectivity index (χ1) is 13.1. The van der Waals surface area contributed by atoms with E-state index in [4.69, 9.17) is 9.84 Å². The molecule has 0 saturated heterocycles. The van der Waals surface area contributed by atoms with Gasteiger partial charge in [-0.25, -0.2) is 0 Å². The number of nitrogens with zero attached hydrogens (tertiary/aromatic N) is 2. The molecule has 0 radical (unpaired) electrons. The predicted molar refractivity (Wildman–Crippen MR) is 107 cm³/mol. The molecular formula is C23H24N2O2. The second-order valence-electron chi connectivity index (χ2n) is 7.25. The van der Waals surface area contributed by atoms with Crippen LogP contribution in [0.25, 0.3) is 0 Å². The molecule has 4 nitrogen and oxygen atoms in total. The number of hydrazone groups is 1. The van der Waals surface area contributed by atoms with Gasteiger partial charge in [0.2, 0.25) is 0 Å². The van der Waals surface area contributed by atoms with Gasteiger partial charge in [-0.05, 0) is 56.0 Å². The minimum atomic E-state index is 0.0412. The van der Waals surface area contributed by atoms with Crippen LogP contribution in [0.15, 0.2) is 65.4 Å². The minimum Gasteiger partial charge on any atom is -0.497 e. The average Bonchev–Trinajstić information content (AvgIpc) is 3.07. The van der Waals surface area contributed by atoms with Crippen LogP contribution in [0.5, 0.6) is 5.75 Å². The molecule has 27 heavy (non-hydrogen) atoms. The third kappa shape index (κ3) is 3.16. The fourth-order valence-corrected chi connectivity index (χ4v) is 4.27. The van der Waals surface area contributed by atoms with Crippen molar-refractivity contribution in [2.24, 2.45) is 11.0 Å². The highest BCUT2D eigenvalue weighted by molar-refractivity contribution is 6.06. The summed E-state index contributed by atoms with van der Waals surface area (Å²) in [5.74, 6) is 1.23. The zero-order valence-corrected chi connectivity index (χ0v) is 16.0. The number of carbonyl (C=O) groups excluding carboxylic acids is 1. The van der Waals surface area contributed by atoms with Crippen molar-refractivity contribution >= 4 is 11.5 Å². The van der Waals surface area contributed by atoms with Gasteiger partial charge in [0.15, 0.2) is 5.78 Å². The van der Waals surface area contributed by atoms with E-state index in [1.807, 2.05) is 24.1 Å². The summed E-state index contributed by atoms with van der Waals surface area (Å²) in [5.41, 5.74) is 5.71. The van der Waals surface area contributed by atoms with E-state index >= 15 is 0 Å². The maximum atomic E-state index is 11.7. The zero-order chi connectivity index (χ0) is 19.0. The molecule has 2 aliphatic rings. The van der Waals surface area contributed by atoms with Crippen LogP contribution in [0.2, 0.25) is 0 Å². The third-order valence-corrected chi connectivity index (χ3v) is 5.44. The van der Waals surface area contributed by atoms with E-state index in [9.17, 15) is 4.79 Å². The number of methoxy groups -OCH3 is 1. The van der Waals surface area contributed by atoms with Crippen molar-refractivity contribution < 1.29 is 9.53 Å². The average molecular weight is 360 g/mol. The van der Waals surface area contributed by atoms with Gasteiger partial charge in [0.1, 0.15) is 5.75 Å². The highest BCUT2D eigenvalue weighted by Crippen LogP contribution is 2.45. The summed E-state index contributed by atoms with van der Waals surface area (Å²) in [5, 5.41) is 7.04. The molecular weight excluding hydrogens is 336 g/mol. The van der Waals surface area contributed by atoms with E-state index in [0.29, 0.717) is 5.92 Å². The Kier molecular flexibility index (Phi) is 4.56. The van der Waals surface area contributed by atoms with Crippen molar-refractivity contribution in [2.75, 3.05) is 7.11 Å². The smallest absolute Gasteiger partial charge is 0.154 e. The number of hydrogen-bond acceptors (Lipinski definition) is 4. The van der Waals surface area contributed by atoms with E-state index in [-0.39, 0.29) is 11.8 Å². The van der Waals surface area contributed by atoms with Gasteiger partial charge >= 0.3 is 0 Å². The Hall–Kier alpha value is -2.88. The molecule has 1 aliphatic carbocycles. The number of allylic oxidation sites excluding steroid dienone is 2. The molecule has 0 spiro atoms. The van der Waals surface area contributed by atoms with Crippen LogP contribution < -0.4 is 4.74 Å². The van der Waals surface area contributed by atoms with Crippen LogP contribution >= 0.6 is 0 Å². The number of ketones is 1. The van der Waals surface area contributed by atoms with Crippen LogP contribution in [-0.4, -0.2) is 23.6 Å². The largest absolute Gasteiger partial charge is 0.497 e. The van der Waals surface area contributed by atoms with Crippen LogP contribution in [0.1, 0.15) is 43.0 Å². The SMILES string of the molecule is COc1ccc2c(c1)CC[C@H]1C2=NN(C(C)=CC(C)=O)[C@@H]1c1ccccc1. The van der Waals surface area contributed by atoms with Gasteiger partial charge in [0, 0.05) is 23.3 Å². The lowest BCUT2D eigenvalue weighted by atomic mass is 9.77. The van der Waals surface area contributed by atoms with E-state index in [2.05, 4.69) is 36.4 Å². The minimum absolute atomic E-state index is 0.0412. The normalized spacial score (nSPS) is 21.4. The molecule has 1 aliphatic heterocycles. The number of rotatable bonds is 4. The second kappa shape index (κ2) is 7.03. The number of carbonyl (C=O) groups is 1. The van der Waals surface area contributed by atoms with Gasteiger partial charge in [-0.1, -0.05) is 30.3 Å². The number of ether oxygens (including phenoxy) is 1. The van der Waals surface area contributed by atoms with Crippen LogP contribution in [-0.2, 0) is 11.2 Å². The topological polar surface area (TPSA) is 41.9 Å². The number of aryl methyl sites for hydroxylation is 1. The fraction of sp³-hybridized carbons (Fsp3) is 0.304. The standard InChI is InChI=1S/C23H24N2O2/c1-15(13-16(2)26)25-23(17-7-5-4-6-8-17)21-11-9-18-14-19(27-3)10-12-20(18)22(21)24-25/h4-8,10,12-14,21,23H,9,11H2,1-3H3/t21-,23+/m0/s1. The third-order valence-electron chi connectivity index (χ3n) is 5.44. The lowest BCUT2D eigenvalue weighted by Crippen LogP contribution is -2.28. The molecule has 138 valence electrons. The van der Waals surface area contributed by atoms with Crippen molar-refractivity contribution in [1.29, 1.82) is 0 Å². The van der Waals surface area contributed by atoms with E-state index < -0.39 is 0 Å². The van der Waals surface area contributed by atoms with Crippen molar-refractivity contribution in [2.45, 2.75) is 32.7 Å². The van der Waals surface area contributed by atoms with Crippen molar-refractivity contribution in [1.82, 2.24) is 5.01 Å². The summed E-state index contributed by atoms with van der Waals surface area (Å²) in [6.07, 6.45) is 3.71. The molecule has 2 aromatic carbocycles. The number of benzene rings is 2. The lowest BCUT2D eigenvalue weighted by Gasteiger charge is -2.31. The van der Waals surface area contributed by atoms with Crippen LogP contribution in [0.3, 0.4) is 0 Å². The monoisotopic (exact) mass is 360 g/mol. The summed E-state index contributed by atoms with van der Waals surface area (Å²) in [7, 11) is 1.70. The number of fused-ring (bicyclic) bond motifs is 3. The predicted octanol–water partition coefficient (Wildman–Crippen LogP) is 4.51. The zero-order valence-electron chi connectivity index (χ0n) is 16.0. The first kappa shape index (κ1) is 17.5. The quantitative estimate of drug-likeness (QED) is 0.753. The van der Waals surface area contributed by atoms with Gasteiger partial charge in [-0.3, -0.25) is 9.80 Å². The summed E-state index contributed by atoms with van der Waals surface area (Å²) in [4.78, 5) is 11.7. The van der Waals surface area contributed by atoms with Gasteiger partial charge in [0.05, 0.1) is 18.9 Å². The second-order valence-corrected chi connectivity index (χ2v) is 7.25. The summed E-state index contributed by atoms with van der Waals surface area (Å²) >= 11 is 0. The summed E-state index contributed by atoms with van der Waals surface area (Å²) in [6.45, 7) is 3.55. The fourth-order valence-electron chi connectivity index (χ4n) is 4.27. The molecule has 4 rings (SSSR count). The van der Waals surface area contributed by atoms with Gasteiger partial charge in [-0.15, -0.1) is 0 Å². The first-order valence-corrected chi connectivity index (χ1v) is 9.37. The lowest BCUT2D eigenvalue weighted by molar-refractivity contribution is -0.112. The highest BCUT2D eigenvalue weighted by Gasteiger charge is 2.42. The molecule has 0 N–H and O–H groups in total. The molecule has 2 atom stereocenters. The summed E-state index contributed by atoms with van der Waals surface area (Å²) in [6, 6.07) is 16.8. The Morgan fingerprint density at radius 2 is 1.96 bits per heavy atom. The number of hydrogen-bond donors (Lipinski definition) is 0. The Labute approximate surface area is 160 Å². The van der Waals surface area contributed by atoms with Gasteiger partial charge in [-0.2, -0.15) is 5.10 Å². The molecule has 0 unspecified atom stereocenters. The maximum Gasteiger partial charge on any atom is 0.154 e. The summed E-state index contributed by atoms with van der Waals surface area (Å²) < 4.78 is 5.39. The van der Waals surface area contributed by atoms with Crippen molar-refractivity contribution in [3.63, 3.8) is 0 Å². The Balaban J connectivity index is 1.81. The Bertz CT molecular complexity index is 931. The molecule has 4 heteroatoms. The van der Waals surface area contributed by atoms with Gasteiger partial charge < -0.3 is 4.74 Å². The molecule has 1 heterocycles. The molecule has 0 fully saturated rings. The Morgan fingerprint density at radius 3 is 2.67 bits per heavy atom. The molecule has 0 amide bonds. The van der Waals surface area contributed by atoms with Crippen molar-refractivity contribution in [3.8, 4) is 5.75 Å². The Morgan fingerprint density at radius 1 is 1.19 bits per heavy atom. The molecule has 0 saturated carbocycles. The maximum absolute atomic E-state index is 11.7. The van der Waals surface area contributed by atoms with Crippen LogP contribution in [0.4, 0.5) is 0 Å². The molecule has 2 aromatic rings. The first-order valence-electron chi connectivity index (χ1n) is 9.37. The van der Waals surface area contributed by atoms with Crippen molar-refractivity contribution in [3.05, 3.63) is 77.0 Å². The molecule has 0 aromatic heterocycles. The van der Waals surface area contributed by atoms with Crippen LogP contribution in [0, 0.1) is 5.92 Å².